The molecule has 0 amide bonds. The van der Waals surface area contributed by atoms with Crippen LogP contribution in [0.5, 0.6) is 0 Å². The molecule has 0 N–H and O–H groups in total. The number of halogens is 2. The largest absolute Gasteiger partial charge is 0.293 e. The molecule has 0 aliphatic heterocycles. The van der Waals surface area contributed by atoms with Crippen LogP contribution < -0.4 is 21.2 Å². The number of hydrogen-bond donors (Lipinski definition) is 0. The summed E-state index contributed by atoms with van der Waals surface area (Å²) in [5.41, 5.74) is 0. The van der Waals surface area contributed by atoms with Crippen molar-refractivity contribution in [3.8, 4) is 0 Å². The Morgan fingerprint density at radius 2 is 0.844 bits per heavy atom. The first-order valence-electron chi connectivity index (χ1n) is 10.3. The van der Waals surface area contributed by atoms with E-state index in [1.165, 1.54) is 38.3 Å². The Kier molecular flexibility index (Phi) is 12.2. The Balaban J connectivity index is 0.000000913. The summed E-state index contributed by atoms with van der Waals surface area (Å²) in [6, 6.07) is 43.9. The van der Waals surface area contributed by atoms with Crippen LogP contribution in [-0.4, -0.2) is 6.16 Å². The number of benzene rings is 4. The molecule has 0 spiro atoms. The van der Waals surface area contributed by atoms with E-state index >= 15 is 0 Å². The van der Waals surface area contributed by atoms with Crippen LogP contribution >= 0.6 is 44.3 Å². The quantitative estimate of drug-likeness (QED) is 0.108. The molecular weight excluding hydrogens is 605 g/mol. The molecule has 0 aromatic heterocycles. The Bertz CT molecular complexity index is 841. The summed E-state index contributed by atoms with van der Waals surface area (Å²) in [6.07, 6.45) is 4.87. The Labute approximate surface area is 215 Å². The van der Waals surface area contributed by atoms with Crippen LogP contribution in [0.25, 0.3) is 0 Å². The summed E-state index contributed by atoms with van der Waals surface area (Å²) in [6.45, 7) is 0. The number of rotatable bonds is 8. The van der Waals surface area contributed by atoms with Crippen LogP contribution in [0.1, 0.15) is 6.42 Å². The smallest absolute Gasteiger partial charge is 0.0196 e. The molecule has 167 valence electrons. The first-order chi connectivity index (χ1) is 15.8. The standard InChI is InChI=1S/C27H25P2.2BrH.Ni/c1-5-14-24(15-6-1)28(25-16-7-2-8-17-25)22-13-23-29(26-18-9-3-10-19-26)27-20-11-4-12-21-27;;;/h1-12,14-22H,13,23H2;2*1H;/q-1;;;+3/p-2. The van der Waals surface area contributed by atoms with E-state index in [0.29, 0.717) is 0 Å². The van der Waals surface area contributed by atoms with Gasteiger partial charge in [-0.3, -0.25) is 6.16 Å². The summed E-state index contributed by atoms with van der Waals surface area (Å²) in [5.74, 6) is 0. The average Bonchev–Trinajstić information content (AvgIpc) is 2.87. The Hall–Kier alpha value is -0.806. The van der Waals surface area contributed by atoms with Crippen molar-refractivity contribution in [3.05, 3.63) is 127 Å². The van der Waals surface area contributed by atoms with Crippen molar-refractivity contribution >= 4 is 65.5 Å². The minimum Gasteiger partial charge on any atom is -0.293 e. The zero-order chi connectivity index (χ0) is 22.4. The summed E-state index contributed by atoms with van der Waals surface area (Å²) < 4.78 is 0. The van der Waals surface area contributed by atoms with Crippen LogP contribution in [-0.2, 0) is 10.9 Å². The van der Waals surface area contributed by atoms with E-state index in [1.54, 1.807) is 0 Å². The third kappa shape index (κ3) is 8.20. The van der Waals surface area contributed by atoms with Crippen LogP contribution in [0.3, 0.4) is 0 Å². The van der Waals surface area contributed by atoms with Crippen molar-refractivity contribution in [2.24, 2.45) is 0 Å². The van der Waals surface area contributed by atoms with Gasteiger partial charge in [0, 0.05) is 0 Å². The zero-order valence-electron chi connectivity index (χ0n) is 17.5. The maximum absolute atomic E-state index is 3.00. The van der Waals surface area contributed by atoms with Gasteiger partial charge >= 0.3 is 39.3 Å². The van der Waals surface area contributed by atoms with Crippen molar-refractivity contribution in [1.82, 2.24) is 0 Å². The molecule has 32 heavy (non-hydrogen) atoms. The molecular formula is C27H25Br2NiP2. The van der Waals surface area contributed by atoms with Gasteiger partial charge in [0.05, 0.1) is 0 Å². The van der Waals surface area contributed by atoms with Crippen molar-refractivity contribution in [2.75, 3.05) is 6.16 Å². The summed E-state index contributed by atoms with van der Waals surface area (Å²) >= 11 is 6.00. The zero-order valence-corrected chi connectivity index (χ0v) is 23.5. The molecule has 0 radical (unpaired) electrons. The maximum Gasteiger partial charge on any atom is -0.0196 e. The fraction of sp³-hybridized carbons (Fsp3) is 0.0741. The summed E-state index contributed by atoms with van der Waals surface area (Å²) in [4.78, 5) is 0. The van der Waals surface area contributed by atoms with Crippen LogP contribution in [0.4, 0.5) is 0 Å². The second-order valence-corrected chi connectivity index (χ2v) is 16.3. The van der Waals surface area contributed by atoms with Crippen LogP contribution in [0.15, 0.2) is 121 Å². The number of hydrogen-bond acceptors (Lipinski definition) is 0. The summed E-state index contributed by atoms with van der Waals surface area (Å²) in [7, 11) is 0.476. The van der Waals surface area contributed by atoms with E-state index in [9.17, 15) is 0 Å². The van der Waals surface area contributed by atoms with E-state index in [4.69, 9.17) is 0 Å². The van der Waals surface area contributed by atoms with Gasteiger partial charge in [0.25, 0.3) is 0 Å². The normalized spacial score (nSPS) is 10.8. The molecule has 0 atom stereocenters. The van der Waals surface area contributed by atoms with Gasteiger partial charge < -0.3 is 0 Å². The van der Waals surface area contributed by atoms with Gasteiger partial charge in [-0.05, 0) is 18.5 Å². The molecule has 0 saturated heterocycles. The third-order valence-electron chi connectivity index (χ3n) is 4.87. The second-order valence-electron chi connectivity index (χ2n) is 6.88. The molecule has 0 aliphatic carbocycles. The molecule has 4 aromatic rings. The predicted octanol–water partition coefficient (Wildman–Crippen LogP) is 7.49. The van der Waals surface area contributed by atoms with Crippen molar-refractivity contribution in [3.63, 3.8) is 0 Å². The minimum atomic E-state index is -0.434. The average molecular weight is 630 g/mol. The molecule has 0 fully saturated rings. The summed E-state index contributed by atoms with van der Waals surface area (Å²) in [5, 5.41) is 5.78. The second kappa shape index (κ2) is 15.2. The molecule has 0 unspecified atom stereocenters. The van der Waals surface area contributed by atoms with Crippen molar-refractivity contribution in [2.45, 2.75) is 6.42 Å². The Morgan fingerprint density at radius 3 is 1.19 bits per heavy atom. The molecule has 0 heterocycles. The van der Waals surface area contributed by atoms with Gasteiger partial charge in [-0.1, -0.05) is 138 Å². The van der Waals surface area contributed by atoms with Crippen LogP contribution in [0, 0.1) is 6.16 Å². The van der Waals surface area contributed by atoms with E-state index in [2.05, 4.69) is 156 Å². The minimum absolute atomic E-state index is 0.340. The fourth-order valence-electron chi connectivity index (χ4n) is 3.48. The first-order valence-corrected chi connectivity index (χ1v) is 18.1. The van der Waals surface area contributed by atoms with Gasteiger partial charge in [-0.25, -0.2) is 7.92 Å². The monoisotopic (exact) mass is 627 g/mol. The van der Waals surface area contributed by atoms with E-state index < -0.39 is 7.92 Å². The molecule has 0 nitrogen and oxygen atoms in total. The third-order valence-corrected chi connectivity index (χ3v) is 9.75. The fourth-order valence-corrected chi connectivity index (χ4v) is 8.04. The van der Waals surface area contributed by atoms with Gasteiger partial charge in [-0.15, -0.1) is 0 Å². The molecule has 4 aromatic carbocycles. The molecule has 0 bridgehead atoms. The maximum atomic E-state index is 3.00. The molecule has 0 aliphatic rings. The molecule has 5 heteroatoms. The van der Waals surface area contributed by atoms with Crippen molar-refractivity contribution < 1.29 is 10.9 Å². The first kappa shape index (κ1) is 25.8. The van der Waals surface area contributed by atoms with Crippen molar-refractivity contribution in [1.29, 1.82) is 0 Å². The van der Waals surface area contributed by atoms with Gasteiger partial charge in [0.1, 0.15) is 0 Å². The van der Waals surface area contributed by atoms with E-state index in [1.807, 2.05) is 0 Å². The topological polar surface area (TPSA) is 0 Å². The SMILES string of the molecule is [Br][Ni+][Br].c1ccc(P([CH-]CCP(c2ccccc2)c2ccccc2)c2ccccc2)cc1. The Morgan fingerprint density at radius 1 is 0.531 bits per heavy atom. The van der Waals surface area contributed by atoms with Gasteiger partial charge in [-0.2, -0.15) is 6.42 Å². The van der Waals surface area contributed by atoms with Gasteiger partial charge in [0.15, 0.2) is 0 Å². The van der Waals surface area contributed by atoms with Gasteiger partial charge in [0.2, 0.25) is 0 Å². The van der Waals surface area contributed by atoms with E-state index in [0.717, 1.165) is 6.42 Å². The van der Waals surface area contributed by atoms with E-state index in [-0.39, 0.29) is 7.92 Å². The molecule has 4 rings (SSSR count). The predicted molar refractivity (Wildman–Crippen MR) is 150 cm³/mol. The van der Waals surface area contributed by atoms with Crippen LogP contribution in [0.2, 0.25) is 0 Å². The molecule has 0 saturated carbocycles.